The summed E-state index contributed by atoms with van der Waals surface area (Å²) in [6, 6.07) is 21.6. The zero-order chi connectivity index (χ0) is 23.8. The fraction of sp³-hybridized carbons (Fsp3) is 0.120. The maximum atomic E-state index is 12.3. The number of amides is 2. The van der Waals surface area contributed by atoms with E-state index in [0.717, 1.165) is 11.4 Å². The summed E-state index contributed by atoms with van der Waals surface area (Å²) in [7, 11) is 0. The second kappa shape index (κ2) is 10.8. The van der Waals surface area contributed by atoms with Crippen molar-refractivity contribution < 1.29 is 9.53 Å². The molecule has 0 fully saturated rings. The summed E-state index contributed by atoms with van der Waals surface area (Å²) in [5.41, 5.74) is 2.15. The van der Waals surface area contributed by atoms with Gasteiger partial charge in [0.25, 0.3) is 0 Å². The molecule has 2 aromatic carbocycles. The van der Waals surface area contributed by atoms with Crippen molar-refractivity contribution in [3.8, 4) is 5.75 Å². The summed E-state index contributed by atoms with van der Waals surface area (Å²) in [5, 5.41) is 12.0. The minimum atomic E-state index is -0.332. The molecule has 0 spiro atoms. The number of aryl methyl sites for hydroxylation is 1. The van der Waals surface area contributed by atoms with Gasteiger partial charge in [-0.3, -0.25) is 0 Å². The highest BCUT2D eigenvalue weighted by Gasteiger charge is 2.06. The molecule has 0 aliphatic heterocycles. The number of urea groups is 1. The van der Waals surface area contributed by atoms with Gasteiger partial charge in [0.1, 0.15) is 29.0 Å². The Morgan fingerprint density at radius 1 is 0.794 bits per heavy atom. The topological polar surface area (TPSA) is 113 Å². The third-order valence-corrected chi connectivity index (χ3v) is 4.60. The molecule has 0 unspecified atom stereocenters. The predicted molar refractivity (Wildman–Crippen MR) is 134 cm³/mol. The maximum absolute atomic E-state index is 12.3. The van der Waals surface area contributed by atoms with Gasteiger partial charge in [0.05, 0.1) is 6.61 Å². The van der Waals surface area contributed by atoms with Crippen molar-refractivity contribution in [3.63, 3.8) is 0 Å². The zero-order valence-corrected chi connectivity index (χ0v) is 18.9. The van der Waals surface area contributed by atoms with Crippen LogP contribution < -0.4 is 26.0 Å². The molecule has 34 heavy (non-hydrogen) atoms. The van der Waals surface area contributed by atoms with Crippen LogP contribution >= 0.6 is 0 Å². The number of anilines is 6. The van der Waals surface area contributed by atoms with Crippen molar-refractivity contribution in [1.82, 2.24) is 15.0 Å². The summed E-state index contributed by atoms with van der Waals surface area (Å²) in [4.78, 5) is 25.4. The van der Waals surface area contributed by atoms with Gasteiger partial charge in [-0.1, -0.05) is 6.07 Å². The normalized spacial score (nSPS) is 10.3. The molecule has 0 atom stereocenters. The average molecular weight is 456 g/mol. The van der Waals surface area contributed by atoms with Crippen LogP contribution in [0.2, 0.25) is 0 Å². The van der Waals surface area contributed by atoms with E-state index in [9.17, 15) is 4.79 Å². The Bertz CT molecular complexity index is 1230. The standard InChI is InChI=1S/C25H25N7O2/c1-3-34-21-13-11-20(12-14-21)31-25(33)30-19-9-7-18(8-10-19)29-23-16-24(28-17(2)27-23)32-22-6-4-5-15-26-22/h4-16H,3H2,1-2H3,(H2,30,31,33)(H2,26,27,28,29,32). The quantitative estimate of drug-likeness (QED) is 0.269. The largest absolute Gasteiger partial charge is 0.494 e. The molecule has 4 rings (SSSR count). The predicted octanol–water partition coefficient (Wildman–Crippen LogP) is 5.71. The second-order valence-corrected chi connectivity index (χ2v) is 7.26. The number of benzene rings is 2. The first-order valence-electron chi connectivity index (χ1n) is 10.8. The number of hydrogen-bond donors (Lipinski definition) is 4. The Labute approximate surface area is 197 Å². The van der Waals surface area contributed by atoms with Gasteiger partial charge in [-0.05, 0) is 74.5 Å². The van der Waals surface area contributed by atoms with Crippen molar-refractivity contribution in [2.75, 3.05) is 27.9 Å². The first-order chi connectivity index (χ1) is 16.6. The first kappa shape index (κ1) is 22.5. The molecule has 0 aliphatic rings. The smallest absolute Gasteiger partial charge is 0.323 e. The van der Waals surface area contributed by atoms with Gasteiger partial charge in [-0.25, -0.2) is 19.7 Å². The number of hydrogen-bond acceptors (Lipinski definition) is 7. The Morgan fingerprint density at radius 2 is 1.41 bits per heavy atom. The Kier molecular flexibility index (Phi) is 7.14. The molecule has 0 radical (unpaired) electrons. The minimum Gasteiger partial charge on any atom is -0.494 e. The molecule has 0 saturated heterocycles. The van der Waals surface area contributed by atoms with Crippen LogP contribution in [0.3, 0.4) is 0 Å². The van der Waals surface area contributed by atoms with Crippen molar-refractivity contribution in [1.29, 1.82) is 0 Å². The number of aromatic nitrogens is 3. The van der Waals surface area contributed by atoms with Gasteiger partial charge in [0.15, 0.2) is 0 Å². The van der Waals surface area contributed by atoms with Gasteiger partial charge in [0.2, 0.25) is 0 Å². The molecule has 4 N–H and O–H groups in total. The highest BCUT2D eigenvalue weighted by Crippen LogP contribution is 2.21. The van der Waals surface area contributed by atoms with Crippen LogP contribution in [0.4, 0.5) is 39.3 Å². The molecule has 172 valence electrons. The van der Waals surface area contributed by atoms with Crippen molar-refractivity contribution in [2.45, 2.75) is 13.8 Å². The van der Waals surface area contributed by atoms with E-state index in [1.165, 1.54) is 0 Å². The van der Waals surface area contributed by atoms with Crippen LogP contribution in [0.1, 0.15) is 12.7 Å². The van der Waals surface area contributed by atoms with E-state index in [2.05, 4.69) is 36.2 Å². The zero-order valence-electron chi connectivity index (χ0n) is 18.9. The van der Waals surface area contributed by atoms with Gasteiger partial charge in [0, 0.05) is 29.3 Å². The number of rotatable bonds is 8. The maximum Gasteiger partial charge on any atom is 0.323 e. The summed E-state index contributed by atoms with van der Waals surface area (Å²) in [5.74, 6) is 3.35. The number of nitrogens with one attached hydrogen (secondary N) is 4. The lowest BCUT2D eigenvalue weighted by molar-refractivity contribution is 0.262. The molecule has 0 saturated carbocycles. The number of ether oxygens (including phenoxy) is 1. The van der Waals surface area contributed by atoms with Crippen LogP contribution in [0.5, 0.6) is 5.75 Å². The van der Waals surface area contributed by atoms with Crippen LogP contribution in [0.15, 0.2) is 79.0 Å². The van der Waals surface area contributed by atoms with E-state index in [1.54, 1.807) is 36.5 Å². The summed E-state index contributed by atoms with van der Waals surface area (Å²) in [6.07, 6.45) is 1.71. The molecular weight excluding hydrogens is 430 g/mol. The lowest BCUT2D eigenvalue weighted by Gasteiger charge is -2.11. The lowest BCUT2D eigenvalue weighted by atomic mass is 10.2. The first-order valence-corrected chi connectivity index (χ1v) is 10.8. The van der Waals surface area contributed by atoms with Gasteiger partial charge < -0.3 is 26.0 Å². The highest BCUT2D eigenvalue weighted by atomic mass is 16.5. The summed E-state index contributed by atoms with van der Waals surface area (Å²) in [6.45, 7) is 4.34. The highest BCUT2D eigenvalue weighted by molar-refractivity contribution is 5.99. The molecule has 4 aromatic rings. The summed E-state index contributed by atoms with van der Waals surface area (Å²) < 4.78 is 5.41. The molecular formula is C25H25N7O2. The Balaban J connectivity index is 1.35. The number of carbonyl (C=O) groups is 1. The van der Waals surface area contributed by atoms with E-state index in [4.69, 9.17) is 4.74 Å². The van der Waals surface area contributed by atoms with Gasteiger partial charge in [-0.15, -0.1) is 0 Å². The fourth-order valence-corrected chi connectivity index (χ4v) is 3.14. The SMILES string of the molecule is CCOc1ccc(NC(=O)Nc2ccc(Nc3cc(Nc4ccccn4)nc(C)n3)cc2)cc1. The van der Waals surface area contributed by atoms with Crippen molar-refractivity contribution in [3.05, 3.63) is 84.8 Å². The van der Waals surface area contributed by atoms with Crippen LogP contribution in [0, 0.1) is 6.92 Å². The third-order valence-electron chi connectivity index (χ3n) is 4.60. The van der Waals surface area contributed by atoms with Crippen LogP contribution in [0.25, 0.3) is 0 Å². The number of carbonyl (C=O) groups excluding carboxylic acids is 1. The van der Waals surface area contributed by atoms with E-state index in [0.29, 0.717) is 41.3 Å². The number of pyridine rings is 1. The second-order valence-electron chi connectivity index (χ2n) is 7.26. The van der Waals surface area contributed by atoms with E-state index < -0.39 is 0 Å². The molecule has 0 aliphatic carbocycles. The van der Waals surface area contributed by atoms with Crippen LogP contribution in [-0.2, 0) is 0 Å². The monoisotopic (exact) mass is 455 g/mol. The third kappa shape index (κ3) is 6.42. The fourth-order valence-electron chi connectivity index (χ4n) is 3.14. The van der Waals surface area contributed by atoms with Gasteiger partial charge in [-0.2, -0.15) is 0 Å². The Hall–Kier alpha value is -4.66. The molecule has 9 heteroatoms. The van der Waals surface area contributed by atoms with Crippen molar-refractivity contribution >= 4 is 40.5 Å². The van der Waals surface area contributed by atoms with Crippen molar-refractivity contribution in [2.24, 2.45) is 0 Å². The van der Waals surface area contributed by atoms with E-state index >= 15 is 0 Å². The molecule has 9 nitrogen and oxygen atoms in total. The average Bonchev–Trinajstić information content (AvgIpc) is 2.82. The molecule has 2 heterocycles. The molecule has 2 amide bonds. The molecule has 0 bridgehead atoms. The number of nitrogens with zero attached hydrogens (tertiary/aromatic N) is 3. The minimum absolute atomic E-state index is 0.332. The van der Waals surface area contributed by atoms with E-state index in [1.807, 2.05) is 56.3 Å². The lowest BCUT2D eigenvalue weighted by Crippen LogP contribution is -2.19. The summed E-state index contributed by atoms with van der Waals surface area (Å²) >= 11 is 0. The van der Waals surface area contributed by atoms with Crippen LogP contribution in [-0.4, -0.2) is 27.6 Å². The Morgan fingerprint density at radius 3 is 2.03 bits per heavy atom. The van der Waals surface area contributed by atoms with E-state index in [-0.39, 0.29) is 6.03 Å². The van der Waals surface area contributed by atoms with Gasteiger partial charge >= 0.3 is 6.03 Å². The molecule has 2 aromatic heterocycles.